The Labute approximate surface area is 126 Å². The summed E-state index contributed by atoms with van der Waals surface area (Å²) in [7, 11) is 1.65. The molecule has 0 radical (unpaired) electrons. The van der Waals surface area contributed by atoms with Crippen molar-refractivity contribution in [2.45, 2.75) is 38.8 Å². The van der Waals surface area contributed by atoms with E-state index in [9.17, 15) is 0 Å². The fourth-order valence-corrected chi connectivity index (χ4v) is 3.14. The van der Waals surface area contributed by atoms with E-state index in [1.54, 1.807) is 7.11 Å². The maximum absolute atomic E-state index is 5.19. The molecule has 0 aliphatic heterocycles. The summed E-state index contributed by atoms with van der Waals surface area (Å²) in [6.07, 6.45) is 8.26. The lowest BCUT2D eigenvalue weighted by Gasteiger charge is -2.22. The smallest absolute Gasteiger partial charge is 0.213 e. The minimum Gasteiger partial charge on any atom is -0.481 e. The quantitative estimate of drug-likeness (QED) is 0.918. The van der Waals surface area contributed by atoms with Gasteiger partial charge >= 0.3 is 0 Å². The van der Waals surface area contributed by atoms with Crippen LogP contribution in [0, 0.1) is 0 Å². The third-order valence-corrected chi connectivity index (χ3v) is 4.10. The zero-order valence-corrected chi connectivity index (χ0v) is 12.8. The first-order chi connectivity index (χ1) is 10.3. The molecule has 0 aromatic carbocycles. The minimum atomic E-state index is 0.512. The Morgan fingerprint density at radius 1 is 1.38 bits per heavy atom. The van der Waals surface area contributed by atoms with Crippen LogP contribution in [0.15, 0.2) is 30.6 Å². The first-order valence-corrected chi connectivity index (χ1v) is 7.72. The van der Waals surface area contributed by atoms with Gasteiger partial charge in [-0.1, -0.05) is 13.0 Å². The van der Waals surface area contributed by atoms with E-state index in [4.69, 9.17) is 4.74 Å². The fraction of sp³-hybridized carbons (Fsp3) is 0.471. The first kappa shape index (κ1) is 14.1. The third-order valence-electron chi connectivity index (χ3n) is 4.10. The van der Waals surface area contributed by atoms with Crippen LogP contribution in [0.3, 0.4) is 0 Å². The molecule has 1 unspecified atom stereocenters. The highest BCUT2D eigenvalue weighted by Crippen LogP contribution is 2.30. The maximum atomic E-state index is 5.19. The molecule has 2 aromatic rings. The van der Waals surface area contributed by atoms with Gasteiger partial charge in [0.05, 0.1) is 19.3 Å². The molecule has 4 heteroatoms. The fourth-order valence-electron chi connectivity index (χ4n) is 3.14. The lowest BCUT2D eigenvalue weighted by Crippen LogP contribution is -2.23. The van der Waals surface area contributed by atoms with Crippen molar-refractivity contribution in [3.8, 4) is 5.88 Å². The van der Waals surface area contributed by atoms with Crippen molar-refractivity contribution >= 4 is 0 Å². The number of fused-ring (bicyclic) bond motifs is 1. The Morgan fingerprint density at radius 2 is 2.29 bits per heavy atom. The molecule has 1 atom stereocenters. The summed E-state index contributed by atoms with van der Waals surface area (Å²) in [5.41, 5.74) is 3.97. The molecule has 3 rings (SSSR count). The summed E-state index contributed by atoms with van der Waals surface area (Å²) in [5.74, 6) is 0.676. The normalized spacial score (nSPS) is 17.5. The van der Waals surface area contributed by atoms with Crippen LogP contribution in [0.5, 0.6) is 5.88 Å². The maximum Gasteiger partial charge on any atom is 0.213 e. The van der Waals surface area contributed by atoms with Gasteiger partial charge in [0.1, 0.15) is 0 Å². The highest BCUT2D eigenvalue weighted by atomic mass is 16.5. The number of hydrogen-bond acceptors (Lipinski definition) is 3. The van der Waals surface area contributed by atoms with E-state index >= 15 is 0 Å². The molecular weight excluding hydrogens is 262 g/mol. The highest BCUT2D eigenvalue weighted by Gasteiger charge is 2.21. The number of nitrogens with one attached hydrogen (secondary N) is 1. The minimum absolute atomic E-state index is 0.512. The summed E-state index contributed by atoms with van der Waals surface area (Å²) in [4.78, 5) is 4.49. The predicted molar refractivity (Wildman–Crippen MR) is 83.7 cm³/mol. The highest BCUT2D eigenvalue weighted by molar-refractivity contribution is 5.31. The SMILES string of the molecule is CCNC1CCCc2cn(Cc3cccc(OC)n3)cc21. The number of pyridine rings is 1. The van der Waals surface area contributed by atoms with Crippen LogP contribution in [0.1, 0.15) is 42.6 Å². The monoisotopic (exact) mass is 285 g/mol. The lowest BCUT2D eigenvalue weighted by atomic mass is 9.91. The molecule has 1 aliphatic rings. The van der Waals surface area contributed by atoms with Gasteiger partial charge in [0.2, 0.25) is 5.88 Å². The van der Waals surface area contributed by atoms with E-state index in [1.807, 2.05) is 18.2 Å². The van der Waals surface area contributed by atoms with Gasteiger partial charge in [0.15, 0.2) is 0 Å². The zero-order chi connectivity index (χ0) is 14.7. The van der Waals surface area contributed by atoms with Crippen LogP contribution < -0.4 is 10.1 Å². The molecule has 0 bridgehead atoms. The van der Waals surface area contributed by atoms with Gasteiger partial charge in [0.25, 0.3) is 0 Å². The summed E-state index contributed by atoms with van der Waals surface area (Å²) < 4.78 is 7.44. The van der Waals surface area contributed by atoms with E-state index < -0.39 is 0 Å². The topological polar surface area (TPSA) is 39.1 Å². The zero-order valence-electron chi connectivity index (χ0n) is 12.8. The van der Waals surface area contributed by atoms with E-state index in [-0.39, 0.29) is 0 Å². The number of hydrogen-bond donors (Lipinski definition) is 1. The second kappa shape index (κ2) is 6.31. The predicted octanol–water partition coefficient (Wildman–Crippen LogP) is 2.93. The van der Waals surface area contributed by atoms with Crippen LogP contribution >= 0.6 is 0 Å². The molecule has 0 amide bonds. The summed E-state index contributed by atoms with van der Waals surface area (Å²) in [6, 6.07) is 6.43. The summed E-state index contributed by atoms with van der Waals surface area (Å²) in [5, 5.41) is 3.59. The Hall–Kier alpha value is -1.81. The van der Waals surface area contributed by atoms with Crippen molar-refractivity contribution < 1.29 is 4.74 Å². The number of rotatable bonds is 5. The standard InChI is InChI=1S/C17H23N3O/c1-3-18-16-8-4-6-13-10-20(12-15(13)16)11-14-7-5-9-17(19-14)21-2/h5,7,9-10,12,16,18H,3-4,6,8,11H2,1-2H3. The van der Waals surface area contributed by atoms with E-state index in [2.05, 4.69) is 34.2 Å². The summed E-state index contributed by atoms with van der Waals surface area (Å²) in [6.45, 7) is 3.99. The van der Waals surface area contributed by atoms with Gasteiger partial charge < -0.3 is 14.6 Å². The molecule has 112 valence electrons. The van der Waals surface area contributed by atoms with Crippen LogP contribution in [0.2, 0.25) is 0 Å². The van der Waals surface area contributed by atoms with Gasteiger partial charge in [-0.2, -0.15) is 0 Å². The number of ether oxygens (including phenoxy) is 1. The Balaban J connectivity index is 1.80. The van der Waals surface area contributed by atoms with Gasteiger partial charge in [-0.05, 0) is 43.0 Å². The van der Waals surface area contributed by atoms with E-state index in [1.165, 1.54) is 30.4 Å². The van der Waals surface area contributed by atoms with Crippen molar-refractivity contribution in [2.24, 2.45) is 0 Å². The largest absolute Gasteiger partial charge is 0.481 e. The van der Waals surface area contributed by atoms with Crippen molar-refractivity contribution in [1.82, 2.24) is 14.9 Å². The second-order valence-corrected chi connectivity index (χ2v) is 5.58. The molecule has 2 heterocycles. The Morgan fingerprint density at radius 3 is 3.10 bits per heavy atom. The van der Waals surface area contributed by atoms with Gasteiger partial charge in [0, 0.05) is 24.5 Å². The molecule has 4 nitrogen and oxygen atoms in total. The summed E-state index contributed by atoms with van der Waals surface area (Å²) >= 11 is 0. The first-order valence-electron chi connectivity index (χ1n) is 7.72. The number of nitrogens with zero attached hydrogens (tertiary/aromatic N) is 2. The number of aromatic nitrogens is 2. The van der Waals surface area contributed by atoms with Gasteiger partial charge in [-0.3, -0.25) is 0 Å². The van der Waals surface area contributed by atoms with Crippen molar-refractivity contribution in [1.29, 1.82) is 0 Å². The Kier molecular flexibility index (Phi) is 4.25. The average molecular weight is 285 g/mol. The lowest BCUT2D eigenvalue weighted by molar-refractivity contribution is 0.396. The molecular formula is C17H23N3O. The van der Waals surface area contributed by atoms with Crippen LogP contribution in [0.25, 0.3) is 0 Å². The molecule has 1 aliphatic carbocycles. The molecule has 1 N–H and O–H groups in total. The third kappa shape index (κ3) is 3.10. The van der Waals surface area contributed by atoms with Crippen molar-refractivity contribution in [2.75, 3.05) is 13.7 Å². The molecule has 0 fully saturated rings. The van der Waals surface area contributed by atoms with Crippen LogP contribution in [-0.2, 0) is 13.0 Å². The molecule has 0 saturated carbocycles. The molecule has 0 spiro atoms. The number of aryl methyl sites for hydroxylation is 1. The van der Waals surface area contributed by atoms with E-state index in [0.29, 0.717) is 11.9 Å². The van der Waals surface area contributed by atoms with Gasteiger partial charge in [-0.25, -0.2) is 4.98 Å². The van der Waals surface area contributed by atoms with Crippen molar-refractivity contribution in [3.05, 3.63) is 47.4 Å². The number of methoxy groups -OCH3 is 1. The Bertz CT molecular complexity index is 606. The second-order valence-electron chi connectivity index (χ2n) is 5.58. The average Bonchev–Trinajstić information content (AvgIpc) is 2.91. The molecule has 0 saturated heterocycles. The van der Waals surface area contributed by atoms with Gasteiger partial charge in [-0.15, -0.1) is 0 Å². The molecule has 2 aromatic heterocycles. The molecule has 21 heavy (non-hydrogen) atoms. The van der Waals surface area contributed by atoms with E-state index in [0.717, 1.165) is 18.8 Å². The van der Waals surface area contributed by atoms with Crippen LogP contribution in [-0.4, -0.2) is 23.2 Å². The van der Waals surface area contributed by atoms with Crippen molar-refractivity contribution in [3.63, 3.8) is 0 Å². The van der Waals surface area contributed by atoms with Crippen LogP contribution in [0.4, 0.5) is 0 Å².